The number of nitrogens with zero attached hydrogens (tertiary/aromatic N) is 7. The van der Waals surface area contributed by atoms with Crippen LogP contribution in [-0.2, 0) is 0 Å². The Labute approximate surface area is 221 Å². The Hall–Kier alpha value is -3.67. The lowest BCUT2D eigenvalue weighted by molar-refractivity contribution is 0.0488. The van der Waals surface area contributed by atoms with Gasteiger partial charge in [0, 0.05) is 65.0 Å². The van der Waals surface area contributed by atoms with Gasteiger partial charge < -0.3 is 20.2 Å². The van der Waals surface area contributed by atoms with Crippen LogP contribution in [0.5, 0.6) is 5.75 Å². The predicted molar refractivity (Wildman–Crippen MR) is 144 cm³/mol. The van der Waals surface area contributed by atoms with E-state index < -0.39 is 23.3 Å². The van der Waals surface area contributed by atoms with Crippen molar-refractivity contribution in [3.05, 3.63) is 41.2 Å². The summed E-state index contributed by atoms with van der Waals surface area (Å²) in [6.07, 6.45) is 4.14. The average Bonchev–Trinajstić information content (AvgIpc) is 2.95. The molecule has 0 radical (unpaired) electrons. The fraction of sp³-hybridized carbons (Fsp3) is 0.500. The number of halogens is 2. The first-order valence-corrected chi connectivity index (χ1v) is 12.8. The molecule has 38 heavy (non-hydrogen) atoms. The molecule has 0 saturated carbocycles. The molecule has 2 aliphatic heterocycles. The first kappa shape index (κ1) is 27.4. The van der Waals surface area contributed by atoms with E-state index in [4.69, 9.17) is 0 Å². The molecule has 1 aromatic heterocycles. The van der Waals surface area contributed by atoms with Crippen molar-refractivity contribution < 1.29 is 18.7 Å². The molecule has 2 aliphatic rings. The Bertz CT molecular complexity index is 1220. The molecule has 0 aliphatic carbocycles. The number of rotatable bonds is 6. The van der Waals surface area contributed by atoms with Gasteiger partial charge in [-0.1, -0.05) is 6.92 Å². The summed E-state index contributed by atoms with van der Waals surface area (Å²) in [5.41, 5.74) is 0.343. The summed E-state index contributed by atoms with van der Waals surface area (Å²) in [6, 6.07) is 2.00. The van der Waals surface area contributed by atoms with Crippen LogP contribution in [0.4, 0.5) is 20.4 Å². The summed E-state index contributed by atoms with van der Waals surface area (Å²) in [5.74, 6) is -1.50. The Morgan fingerprint density at radius 3 is 2.55 bits per heavy atom. The number of aromatic hydroxyl groups is 1. The van der Waals surface area contributed by atoms with Crippen LogP contribution in [0.15, 0.2) is 28.3 Å². The molecule has 2 aromatic rings. The molecular weight excluding hydrogens is 494 g/mol. The molecule has 3 heterocycles. The van der Waals surface area contributed by atoms with Crippen LogP contribution < -0.4 is 10.2 Å². The van der Waals surface area contributed by atoms with E-state index in [1.165, 1.54) is 0 Å². The lowest BCUT2D eigenvalue weighted by Gasteiger charge is -2.47. The number of aliphatic imine (C=N–C) groups is 2. The van der Waals surface area contributed by atoms with E-state index in [1.54, 1.807) is 18.1 Å². The minimum atomic E-state index is -1.18. The maximum Gasteiger partial charge on any atom is 0.257 e. The normalized spacial score (nSPS) is 19.5. The summed E-state index contributed by atoms with van der Waals surface area (Å²) in [6.45, 7) is 9.07. The number of amides is 1. The van der Waals surface area contributed by atoms with Crippen LogP contribution in [0.3, 0.4) is 0 Å². The van der Waals surface area contributed by atoms with Gasteiger partial charge in [0.2, 0.25) is 0 Å². The van der Waals surface area contributed by atoms with E-state index in [0.717, 1.165) is 50.8 Å². The van der Waals surface area contributed by atoms with Crippen molar-refractivity contribution in [1.82, 2.24) is 19.8 Å². The van der Waals surface area contributed by atoms with E-state index in [1.807, 2.05) is 7.05 Å². The average molecular weight is 529 g/mol. The number of phenols is 1. The summed E-state index contributed by atoms with van der Waals surface area (Å²) >= 11 is 0. The van der Waals surface area contributed by atoms with Gasteiger partial charge in [0.1, 0.15) is 11.4 Å². The first-order valence-electron chi connectivity index (χ1n) is 12.8. The Balaban J connectivity index is 1.41. The topological polar surface area (TPSA) is 110 Å². The van der Waals surface area contributed by atoms with Gasteiger partial charge >= 0.3 is 0 Å². The zero-order valence-corrected chi connectivity index (χ0v) is 22.0. The van der Waals surface area contributed by atoms with E-state index in [-0.39, 0.29) is 5.56 Å². The van der Waals surface area contributed by atoms with Crippen LogP contribution in [0, 0.1) is 11.6 Å². The van der Waals surface area contributed by atoms with E-state index in [0.29, 0.717) is 48.6 Å². The van der Waals surface area contributed by atoms with Gasteiger partial charge in [0.05, 0.1) is 11.8 Å². The molecule has 10 nitrogen and oxygen atoms in total. The van der Waals surface area contributed by atoms with Crippen molar-refractivity contribution in [3.63, 3.8) is 0 Å². The maximum absolute atomic E-state index is 13.7. The van der Waals surface area contributed by atoms with Crippen LogP contribution in [0.1, 0.15) is 42.2 Å². The number of carbonyl (C=O) groups is 1. The van der Waals surface area contributed by atoms with Crippen LogP contribution in [-0.4, -0.2) is 102 Å². The third-order valence-corrected chi connectivity index (χ3v) is 7.37. The van der Waals surface area contributed by atoms with Gasteiger partial charge in [0.25, 0.3) is 5.91 Å². The van der Waals surface area contributed by atoms with Gasteiger partial charge in [-0.05, 0) is 32.0 Å². The fourth-order valence-corrected chi connectivity index (χ4v) is 5.34. The third kappa shape index (κ3) is 5.45. The van der Waals surface area contributed by atoms with Gasteiger partial charge in [-0.25, -0.2) is 23.7 Å². The van der Waals surface area contributed by atoms with Crippen molar-refractivity contribution in [1.29, 1.82) is 0 Å². The number of hydrogen-bond acceptors (Lipinski definition) is 8. The van der Waals surface area contributed by atoms with Gasteiger partial charge in [-0.3, -0.25) is 14.7 Å². The van der Waals surface area contributed by atoms with Gasteiger partial charge in [0.15, 0.2) is 29.1 Å². The minimum absolute atomic E-state index is 0.212. The summed E-state index contributed by atoms with van der Waals surface area (Å²) in [7, 11) is 3.45. The molecule has 1 atom stereocenters. The maximum atomic E-state index is 13.7. The van der Waals surface area contributed by atoms with Crippen LogP contribution in [0.2, 0.25) is 0 Å². The van der Waals surface area contributed by atoms with Crippen molar-refractivity contribution in [2.75, 3.05) is 57.0 Å². The molecule has 1 amide bonds. The summed E-state index contributed by atoms with van der Waals surface area (Å²) < 4.78 is 27.0. The molecule has 0 bridgehead atoms. The highest BCUT2D eigenvalue weighted by Crippen LogP contribution is 2.30. The van der Waals surface area contributed by atoms with Crippen molar-refractivity contribution >= 4 is 30.1 Å². The lowest BCUT2D eigenvalue weighted by atomic mass is 9.97. The zero-order valence-electron chi connectivity index (χ0n) is 22.0. The number of piperidine rings is 1. The molecule has 1 unspecified atom stereocenters. The Morgan fingerprint density at radius 1 is 1.21 bits per heavy atom. The molecule has 1 aromatic carbocycles. The minimum Gasteiger partial charge on any atom is -0.507 e. The molecule has 2 N–H and O–H groups in total. The van der Waals surface area contributed by atoms with E-state index in [2.05, 4.69) is 48.7 Å². The molecule has 204 valence electrons. The summed E-state index contributed by atoms with van der Waals surface area (Å²) in [4.78, 5) is 36.5. The van der Waals surface area contributed by atoms with E-state index in [9.17, 15) is 18.7 Å². The van der Waals surface area contributed by atoms with Crippen LogP contribution in [0.25, 0.3) is 0 Å². The number of likely N-dealkylation sites (tertiary alicyclic amines) is 1. The number of benzene rings is 1. The fourth-order valence-electron chi connectivity index (χ4n) is 5.34. The number of nitrogens with one attached hydrogen (secondary N) is 1. The predicted octanol–water partition coefficient (Wildman–Crippen LogP) is 2.78. The number of anilines is 2. The SMILES string of the molecule is C=NC(=NC)c1cnc(N2CCN(C3CCN(C(=O)c4cc(F)c(F)cc4O)CC3)C(CC)C2)c(NC)n1. The Morgan fingerprint density at radius 2 is 1.92 bits per heavy atom. The van der Waals surface area contributed by atoms with Crippen molar-refractivity contribution in [3.8, 4) is 5.75 Å². The number of amidine groups is 1. The number of hydrogen-bond donors (Lipinski definition) is 2. The van der Waals surface area contributed by atoms with Crippen molar-refractivity contribution in [2.45, 2.75) is 38.3 Å². The number of aromatic nitrogens is 2. The summed E-state index contributed by atoms with van der Waals surface area (Å²) in [5, 5.41) is 13.1. The monoisotopic (exact) mass is 528 g/mol. The first-order chi connectivity index (χ1) is 18.3. The van der Waals surface area contributed by atoms with E-state index >= 15 is 0 Å². The molecule has 0 spiro atoms. The molecule has 4 rings (SSSR count). The van der Waals surface area contributed by atoms with Gasteiger partial charge in [-0.15, -0.1) is 0 Å². The van der Waals surface area contributed by atoms with Crippen molar-refractivity contribution in [2.24, 2.45) is 9.98 Å². The second-order valence-electron chi connectivity index (χ2n) is 9.44. The second-order valence-corrected chi connectivity index (χ2v) is 9.44. The largest absolute Gasteiger partial charge is 0.507 e. The number of piperazine rings is 1. The smallest absolute Gasteiger partial charge is 0.257 e. The number of carbonyl (C=O) groups excluding carboxylic acids is 1. The third-order valence-electron chi connectivity index (χ3n) is 7.37. The number of phenolic OH excluding ortho intramolecular Hbond substituents is 1. The highest BCUT2D eigenvalue weighted by atomic mass is 19.2. The zero-order chi connectivity index (χ0) is 27.4. The quantitative estimate of drug-likeness (QED) is 0.438. The highest BCUT2D eigenvalue weighted by Gasteiger charge is 2.35. The lowest BCUT2D eigenvalue weighted by Crippen LogP contribution is -2.58. The van der Waals surface area contributed by atoms with Crippen LogP contribution >= 0.6 is 0 Å². The Kier molecular flexibility index (Phi) is 8.50. The highest BCUT2D eigenvalue weighted by molar-refractivity contribution is 6.00. The standard InChI is InChI=1S/C26H34F2N8O2/c1-5-16-15-35(25-24(31-4)33-21(14-32-25)23(29-2)30-3)10-11-36(16)17-6-8-34(9-7-17)26(38)18-12-19(27)20(28)13-22(18)37/h12-14,16-17,37H,2,5-11,15H2,1,3-4H3,(H,31,33). The molecular formula is C26H34F2N8O2. The molecule has 2 fully saturated rings. The molecule has 2 saturated heterocycles. The van der Waals surface area contributed by atoms with Gasteiger partial charge in [-0.2, -0.15) is 0 Å². The second kappa shape index (κ2) is 11.8. The molecule has 12 heteroatoms.